The summed E-state index contributed by atoms with van der Waals surface area (Å²) in [5, 5.41) is 10.3. The van der Waals surface area contributed by atoms with Crippen molar-refractivity contribution in [1.29, 1.82) is 5.26 Å². The third-order valence-electron chi connectivity index (χ3n) is 4.44. The quantitative estimate of drug-likeness (QED) is 0.511. The summed E-state index contributed by atoms with van der Waals surface area (Å²) < 4.78 is 1.67. The van der Waals surface area contributed by atoms with Gasteiger partial charge < -0.3 is 0 Å². The smallest absolute Gasteiger partial charge is 0.267 e. The van der Waals surface area contributed by atoms with Gasteiger partial charge in [0.05, 0.1) is 22.4 Å². The monoisotopic (exact) mass is 367 g/mol. The SMILES string of the molecule is CC(C#N)Sc1nc2sc3c(c2c(=O)n1-c1ccccc1)CCCC3. The summed E-state index contributed by atoms with van der Waals surface area (Å²) in [6.45, 7) is 1.83. The first-order valence-electron chi connectivity index (χ1n) is 8.38. The molecule has 2 heterocycles. The van der Waals surface area contributed by atoms with Gasteiger partial charge in [-0.1, -0.05) is 30.0 Å². The van der Waals surface area contributed by atoms with Gasteiger partial charge in [-0.15, -0.1) is 11.3 Å². The van der Waals surface area contributed by atoms with Gasteiger partial charge >= 0.3 is 0 Å². The summed E-state index contributed by atoms with van der Waals surface area (Å²) in [6.07, 6.45) is 4.31. The number of hydrogen-bond donors (Lipinski definition) is 0. The molecule has 0 saturated heterocycles. The Kier molecular flexibility index (Phi) is 4.36. The molecule has 0 amide bonds. The molecule has 2 aromatic heterocycles. The van der Waals surface area contributed by atoms with Crippen LogP contribution in [0.2, 0.25) is 0 Å². The first-order chi connectivity index (χ1) is 12.2. The van der Waals surface area contributed by atoms with E-state index < -0.39 is 0 Å². The van der Waals surface area contributed by atoms with Crippen molar-refractivity contribution < 1.29 is 0 Å². The van der Waals surface area contributed by atoms with Gasteiger partial charge in [-0.05, 0) is 50.3 Å². The van der Waals surface area contributed by atoms with Crippen LogP contribution in [0.15, 0.2) is 40.3 Å². The summed E-state index contributed by atoms with van der Waals surface area (Å²) in [5.41, 5.74) is 1.98. The Morgan fingerprint density at radius 2 is 2.04 bits per heavy atom. The fourth-order valence-corrected chi connectivity index (χ4v) is 5.37. The van der Waals surface area contributed by atoms with Crippen LogP contribution in [-0.4, -0.2) is 14.8 Å². The topological polar surface area (TPSA) is 58.7 Å². The van der Waals surface area contributed by atoms with Crippen molar-refractivity contribution in [1.82, 2.24) is 9.55 Å². The maximum Gasteiger partial charge on any atom is 0.267 e. The lowest BCUT2D eigenvalue weighted by molar-refractivity contribution is 0.699. The minimum atomic E-state index is -0.270. The van der Waals surface area contributed by atoms with E-state index in [1.165, 1.54) is 28.6 Å². The fourth-order valence-electron chi connectivity index (χ4n) is 3.25. The zero-order chi connectivity index (χ0) is 17.4. The maximum atomic E-state index is 13.4. The predicted octanol–water partition coefficient (Wildman–Crippen LogP) is 4.33. The third kappa shape index (κ3) is 2.88. The van der Waals surface area contributed by atoms with E-state index >= 15 is 0 Å². The van der Waals surface area contributed by atoms with Crippen molar-refractivity contribution in [3.63, 3.8) is 0 Å². The zero-order valence-electron chi connectivity index (χ0n) is 13.9. The van der Waals surface area contributed by atoms with Gasteiger partial charge in [-0.2, -0.15) is 5.26 Å². The number of hydrogen-bond acceptors (Lipinski definition) is 5. The number of thioether (sulfide) groups is 1. The van der Waals surface area contributed by atoms with Crippen LogP contribution >= 0.6 is 23.1 Å². The molecule has 0 spiro atoms. The maximum absolute atomic E-state index is 13.4. The van der Waals surface area contributed by atoms with Crippen LogP contribution < -0.4 is 5.56 Å². The van der Waals surface area contributed by atoms with Gasteiger partial charge in [0.25, 0.3) is 5.56 Å². The molecule has 1 unspecified atom stereocenters. The van der Waals surface area contributed by atoms with Crippen LogP contribution in [0.25, 0.3) is 15.9 Å². The second kappa shape index (κ2) is 6.66. The van der Waals surface area contributed by atoms with Gasteiger partial charge in [-0.3, -0.25) is 9.36 Å². The lowest BCUT2D eigenvalue weighted by atomic mass is 9.97. The van der Waals surface area contributed by atoms with Crippen molar-refractivity contribution in [3.05, 3.63) is 51.1 Å². The molecule has 0 saturated carbocycles. The van der Waals surface area contributed by atoms with Crippen LogP contribution in [0.4, 0.5) is 0 Å². The molecule has 0 radical (unpaired) electrons. The Morgan fingerprint density at radius 3 is 2.80 bits per heavy atom. The molecule has 3 aromatic rings. The number of nitrogens with zero attached hydrogens (tertiary/aromatic N) is 3. The number of nitriles is 1. The summed E-state index contributed by atoms with van der Waals surface area (Å²) in [7, 11) is 0. The fraction of sp³-hybridized carbons (Fsp3) is 0.316. The van der Waals surface area contributed by atoms with Crippen LogP contribution in [-0.2, 0) is 12.8 Å². The van der Waals surface area contributed by atoms with Gasteiger partial charge in [0.1, 0.15) is 4.83 Å². The molecule has 4 nitrogen and oxygen atoms in total. The van der Waals surface area contributed by atoms with E-state index in [1.807, 2.05) is 37.3 Å². The van der Waals surface area contributed by atoms with E-state index in [0.29, 0.717) is 5.16 Å². The Labute approximate surface area is 154 Å². The molecule has 1 aliphatic rings. The molecule has 1 aliphatic carbocycles. The Balaban J connectivity index is 2.02. The highest BCUT2D eigenvalue weighted by Gasteiger charge is 2.23. The second-order valence-corrected chi connectivity index (χ2v) is 8.54. The van der Waals surface area contributed by atoms with E-state index in [0.717, 1.165) is 35.2 Å². The van der Waals surface area contributed by atoms with E-state index in [2.05, 4.69) is 6.07 Å². The largest absolute Gasteiger partial charge is 0.268 e. The van der Waals surface area contributed by atoms with E-state index in [-0.39, 0.29) is 10.8 Å². The number of benzene rings is 1. The number of aryl methyl sites for hydroxylation is 2. The molecule has 0 bridgehead atoms. The number of aromatic nitrogens is 2. The molecular formula is C19H17N3OS2. The molecule has 1 atom stereocenters. The first-order valence-corrected chi connectivity index (χ1v) is 10.1. The van der Waals surface area contributed by atoms with Crippen LogP contribution in [0, 0.1) is 11.3 Å². The Bertz CT molecular complexity index is 1030. The van der Waals surface area contributed by atoms with Gasteiger partial charge in [-0.25, -0.2) is 4.98 Å². The van der Waals surface area contributed by atoms with Crippen LogP contribution in [0.1, 0.15) is 30.2 Å². The highest BCUT2D eigenvalue weighted by atomic mass is 32.2. The number of rotatable bonds is 3. The van der Waals surface area contributed by atoms with Crippen molar-refractivity contribution in [2.45, 2.75) is 43.0 Å². The molecule has 25 heavy (non-hydrogen) atoms. The molecule has 126 valence electrons. The van der Waals surface area contributed by atoms with E-state index in [4.69, 9.17) is 4.98 Å². The van der Waals surface area contributed by atoms with Crippen LogP contribution in [0.5, 0.6) is 0 Å². The molecule has 0 aliphatic heterocycles. The lowest BCUT2D eigenvalue weighted by Gasteiger charge is -2.14. The van der Waals surface area contributed by atoms with Crippen LogP contribution in [0.3, 0.4) is 0 Å². The lowest BCUT2D eigenvalue weighted by Crippen LogP contribution is -2.22. The molecule has 4 rings (SSSR count). The highest BCUT2D eigenvalue weighted by Crippen LogP contribution is 2.35. The number of fused-ring (bicyclic) bond motifs is 3. The second-order valence-electron chi connectivity index (χ2n) is 6.15. The minimum Gasteiger partial charge on any atom is -0.268 e. The summed E-state index contributed by atoms with van der Waals surface area (Å²) >= 11 is 2.98. The zero-order valence-corrected chi connectivity index (χ0v) is 15.5. The van der Waals surface area contributed by atoms with E-state index in [9.17, 15) is 10.1 Å². The molecule has 0 fully saturated rings. The average molecular weight is 367 g/mol. The Hall–Kier alpha value is -2.10. The molecule has 1 aromatic carbocycles. The first kappa shape index (κ1) is 16.4. The van der Waals surface area contributed by atoms with Crippen molar-refractivity contribution in [2.24, 2.45) is 0 Å². The van der Waals surface area contributed by atoms with E-state index in [1.54, 1.807) is 15.9 Å². The molecule has 6 heteroatoms. The number of para-hydroxylation sites is 1. The highest BCUT2D eigenvalue weighted by molar-refractivity contribution is 8.00. The third-order valence-corrected chi connectivity index (χ3v) is 6.57. The normalized spacial score (nSPS) is 14.9. The van der Waals surface area contributed by atoms with Crippen molar-refractivity contribution in [3.8, 4) is 11.8 Å². The van der Waals surface area contributed by atoms with Gasteiger partial charge in [0.15, 0.2) is 5.16 Å². The van der Waals surface area contributed by atoms with Gasteiger partial charge in [0, 0.05) is 4.88 Å². The molecule has 0 N–H and O–H groups in total. The predicted molar refractivity (Wildman–Crippen MR) is 103 cm³/mol. The standard InChI is InChI=1S/C19H17N3OS2/c1-12(11-20)24-19-21-17-16(14-9-5-6-10-15(14)25-17)18(23)22(19)13-7-3-2-4-8-13/h2-4,7-8,12H,5-6,9-10H2,1H3. The Morgan fingerprint density at radius 1 is 1.28 bits per heavy atom. The summed E-state index contributed by atoms with van der Waals surface area (Å²) in [6, 6.07) is 11.8. The summed E-state index contributed by atoms with van der Waals surface area (Å²) in [4.78, 5) is 20.3. The average Bonchev–Trinajstić information content (AvgIpc) is 3.01. The molecular weight excluding hydrogens is 350 g/mol. The minimum absolute atomic E-state index is 0.0109. The van der Waals surface area contributed by atoms with Crippen molar-refractivity contribution in [2.75, 3.05) is 0 Å². The van der Waals surface area contributed by atoms with Crippen molar-refractivity contribution >= 4 is 33.3 Å². The van der Waals surface area contributed by atoms with Gasteiger partial charge in [0.2, 0.25) is 0 Å². The number of thiophene rings is 1. The summed E-state index contributed by atoms with van der Waals surface area (Å²) in [5.74, 6) is 0.